The van der Waals surface area contributed by atoms with Gasteiger partial charge in [0.25, 0.3) is 5.91 Å². The van der Waals surface area contributed by atoms with Crippen molar-refractivity contribution in [2.75, 3.05) is 12.4 Å². The van der Waals surface area contributed by atoms with Gasteiger partial charge in [-0.25, -0.2) is 0 Å². The lowest BCUT2D eigenvalue weighted by Gasteiger charge is -2.25. The topological polar surface area (TPSA) is 65.4 Å². The Morgan fingerprint density at radius 1 is 1.30 bits per heavy atom. The summed E-state index contributed by atoms with van der Waals surface area (Å²) < 4.78 is 5.09. The first-order chi connectivity index (χ1) is 12.9. The van der Waals surface area contributed by atoms with Crippen LogP contribution in [-0.2, 0) is 11.3 Å². The fourth-order valence-electron chi connectivity index (χ4n) is 2.42. The van der Waals surface area contributed by atoms with Crippen molar-refractivity contribution in [2.45, 2.75) is 26.4 Å². The van der Waals surface area contributed by atoms with Crippen LogP contribution < -0.4 is 10.1 Å². The van der Waals surface area contributed by atoms with Crippen LogP contribution in [0.5, 0.6) is 5.75 Å². The van der Waals surface area contributed by atoms with Crippen LogP contribution in [0, 0.1) is 11.3 Å². The number of anilines is 1. The van der Waals surface area contributed by atoms with Crippen LogP contribution in [0.25, 0.3) is 0 Å². The second kappa shape index (κ2) is 9.65. The molecule has 2 aromatic carbocycles. The average molecular weight is 384 g/mol. The molecule has 0 atom stereocenters. The van der Waals surface area contributed by atoms with E-state index in [4.69, 9.17) is 16.3 Å². The van der Waals surface area contributed by atoms with E-state index in [1.54, 1.807) is 24.4 Å². The van der Waals surface area contributed by atoms with Crippen molar-refractivity contribution < 1.29 is 9.53 Å². The van der Waals surface area contributed by atoms with Gasteiger partial charge in [-0.05, 0) is 37.6 Å². The smallest absolute Gasteiger partial charge is 0.267 e. The fraction of sp³-hybridized carbons (Fsp3) is 0.238. The molecule has 5 nitrogen and oxygen atoms in total. The Morgan fingerprint density at radius 2 is 2.00 bits per heavy atom. The highest BCUT2D eigenvalue weighted by molar-refractivity contribution is 6.32. The zero-order chi connectivity index (χ0) is 19.8. The first-order valence-corrected chi connectivity index (χ1v) is 8.89. The predicted molar refractivity (Wildman–Crippen MR) is 107 cm³/mol. The van der Waals surface area contributed by atoms with Crippen LogP contribution in [0.1, 0.15) is 19.4 Å². The molecule has 0 saturated carbocycles. The molecule has 6 heteroatoms. The third-order valence-corrected chi connectivity index (χ3v) is 4.24. The Kier molecular flexibility index (Phi) is 7.27. The third-order valence-electron chi connectivity index (χ3n) is 3.94. The normalized spacial score (nSPS) is 11.0. The van der Waals surface area contributed by atoms with E-state index in [2.05, 4.69) is 5.32 Å². The highest BCUT2D eigenvalue weighted by Crippen LogP contribution is 2.27. The molecular weight excluding hydrogens is 362 g/mol. The molecule has 2 rings (SSSR count). The van der Waals surface area contributed by atoms with Gasteiger partial charge in [-0.3, -0.25) is 4.79 Å². The van der Waals surface area contributed by atoms with E-state index in [0.29, 0.717) is 23.0 Å². The van der Waals surface area contributed by atoms with E-state index in [-0.39, 0.29) is 11.6 Å². The molecule has 1 amide bonds. The van der Waals surface area contributed by atoms with E-state index in [0.717, 1.165) is 5.56 Å². The summed E-state index contributed by atoms with van der Waals surface area (Å²) in [4.78, 5) is 14.5. The number of carbonyl (C=O) groups is 1. The Morgan fingerprint density at radius 3 is 2.56 bits per heavy atom. The first-order valence-electron chi connectivity index (χ1n) is 8.51. The van der Waals surface area contributed by atoms with Gasteiger partial charge >= 0.3 is 0 Å². The number of hydrogen-bond acceptors (Lipinski definition) is 4. The second-order valence-corrected chi connectivity index (χ2v) is 6.62. The van der Waals surface area contributed by atoms with Crippen LogP contribution >= 0.6 is 11.6 Å². The lowest BCUT2D eigenvalue weighted by atomic mass is 10.2. The fourth-order valence-corrected chi connectivity index (χ4v) is 2.68. The zero-order valence-corrected chi connectivity index (χ0v) is 16.3. The summed E-state index contributed by atoms with van der Waals surface area (Å²) in [6.45, 7) is 4.62. The molecule has 140 valence electrons. The number of methoxy groups -OCH3 is 1. The van der Waals surface area contributed by atoms with Gasteiger partial charge in [-0.1, -0.05) is 41.9 Å². The van der Waals surface area contributed by atoms with Gasteiger partial charge in [-0.15, -0.1) is 0 Å². The lowest BCUT2D eigenvalue weighted by Crippen LogP contribution is -2.27. The maximum absolute atomic E-state index is 12.5. The molecule has 0 aliphatic rings. The van der Waals surface area contributed by atoms with Gasteiger partial charge < -0.3 is 15.0 Å². The number of nitrogens with zero attached hydrogens (tertiary/aromatic N) is 2. The molecule has 1 N–H and O–H groups in total. The molecule has 2 aromatic rings. The predicted octanol–water partition coefficient (Wildman–Crippen LogP) is 4.61. The number of nitriles is 1. The maximum atomic E-state index is 12.5. The number of halogens is 1. The highest BCUT2D eigenvalue weighted by atomic mass is 35.5. The first kappa shape index (κ1) is 20.3. The van der Waals surface area contributed by atoms with Gasteiger partial charge in [0.1, 0.15) is 17.4 Å². The molecule has 0 aromatic heterocycles. The molecule has 0 fully saturated rings. The van der Waals surface area contributed by atoms with E-state index in [1.165, 1.54) is 7.11 Å². The molecule has 0 saturated heterocycles. The molecule has 0 heterocycles. The number of hydrogen-bond donors (Lipinski definition) is 1. The summed E-state index contributed by atoms with van der Waals surface area (Å²) in [6, 6.07) is 16.9. The Labute approximate surface area is 164 Å². The summed E-state index contributed by atoms with van der Waals surface area (Å²) >= 11 is 6.08. The summed E-state index contributed by atoms with van der Waals surface area (Å²) in [5.41, 5.74) is 1.61. The molecule has 0 aliphatic heterocycles. The van der Waals surface area contributed by atoms with E-state index < -0.39 is 5.91 Å². The summed E-state index contributed by atoms with van der Waals surface area (Å²) in [6.07, 6.45) is 1.60. The van der Waals surface area contributed by atoms with Crippen LogP contribution in [0.2, 0.25) is 5.02 Å². The molecule has 0 bridgehead atoms. The minimum atomic E-state index is -0.488. The standard InChI is InChI=1S/C21H22ClN3O2/c1-15(2)25(13-16-7-5-4-6-8-16)14-17(12-23)21(26)24-18-9-10-20(27-3)19(22)11-18/h4-11,14-15H,13H2,1-3H3,(H,24,26)/b17-14-. The van der Waals surface area contributed by atoms with Crippen molar-refractivity contribution in [1.29, 1.82) is 5.26 Å². The Bertz CT molecular complexity index is 857. The Balaban J connectivity index is 2.18. The quantitative estimate of drug-likeness (QED) is 0.560. The van der Waals surface area contributed by atoms with Crippen molar-refractivity contribution in [1.82, 2.24) is 4.90 Å². The average Bonchev–Trinajstić information content (AvgIpc) is 2.65. The SMILES string of the molecule is COc1ccc(NC(=O)/C(C#N)=C\N(Cc2ccccc2)C(C)C)cc1Cl. The van der Waals surface area contributed by atoms with Crippen LogP contribution in [0.4, 0.5) is 5.69 Å². The van der Waals surface area contributed by atoms with Crippen molar-refractivity contribution in [2.24, 2.45) is 0 Å². The van der Waals surface area contributed by atoms with Crippen LogP contribution in [0.15, 0.2) is 60.3 Å². The maximum Gasteiger partial charge on any atom is 0.267 e. The van der Waals surface area contributed by atoms with Crippen LogP contribution in [0.3, 0.4) is 0 Å². The van der Waals surface area contributed by atoms with Gasteiger partial charge in [0, 0.05) is 24.5 Å². The van der Waals surface area contributed by atoms with Crippen molar-refractivity contribution >= 4 is 23.2 Å². The third kappa shape index (κ3) is 5.77. The second-order valence-electron chi connectivity index (χ2n) is 6.21. The minimum absolute atomic E-state index is 0.0200. The van der Waals surface area contributed by atoms with Crippen molar-refractivity contribution in [3.05, 3.63) is 70.9 Å². The number of benzene rings is 2. The van der Waals surface area contributed by atoms with Crippen molar-refractivity contribution in [3.8, 4) is 11.8 Å². The molecule has 0 spiro atoms. The zero-order valence-electron chi connectivity index (χ0n) is 15.6. The molecule has 0 unspecified atom stereocenters. The van der Waals surface area contributed by atoms with Gasteiger partial charge in [0.15, 0.2) is 0 Å². The molecule has 0 radical (unpaired) electrons. The molecular formula is C21H22ClN3O2. The summed E-state index contributed by atoms with van der Waals surface area (Å²) in [5, 5.41) is 12.5. The van der Waals surface area contributed by atoms with Crippen molar-refractivity contribution in [3.63, 3.8) is 0 Å². The number of ether oxygens (including phenoxy) is 1. The molecule has 0 aliphatic carbocycles. The molecule has 27 heavy (non-hydrogen) atoms. The number of nitrogens with one attached hydrogen (secondary N) is 1. The summed E-state index contributed by atoms with van der Waals surface area (Å²) in [5.74, 6) is 0.0250. The van der Waals surface area contributed by atoms with E-state index in [1.807, 2.05) is 55.1 Å². The number of amides is 1. The number of rotatable bonds is 7. The van der Waals surface area contributed by atoms with Gasteiger partial charge in [0.2, 0.25) is 0 Å². The monoisotopic (exact) mass is 383 g/mol. The summed E-state index contributed by atoms with van der Waals surface area (Å²) in [7, 11) is 1.52. The van der Waals surface area contributed by atoms with Gasteiger partial charge in [-0.2, -0.15) is 5.26 Å². The van der Waals surface area contributed by atoms with Crippen LogP contribution in [-0.4, -0.2) is 24.0 Å². The minimum Gasteiger partial charge on any atom is -0.495 e. The Hall–Kier alpha value is -2.97. The lowest BCUT2D eigenvalue weighted by molar-refractivity contribution is -0.112. The van der Waals surface area contributed by atoms with Gasteiger partial charge in [0.05, 0.1) is 12.1 Å². The largest absolute Gasteiger partial charge is 0.495 e. The highest BCUT2D eigenvalue weighted by Gasteiger charge is 2.14. The van der Waals surface area contributed by atoms with E-state index >= 15 is 0 Å². The van der Waals surface area contributed by atoms with E-state index in [9.17, 15) is 10.1 Å². The number of carbonyl (C=O) groups excluding carboxylic acids is 1.